The van der Waals surface area contributed by atoms with E-state index in [-0.39, 0.29) is 16.4 Å². The Morgan fingerprint density at radius 2 is 1.85 bits per heavy atom. The van der Waals surface area contributed by atoms with Crippen molar-refractivity contribution in [2.24, 2.45) is 16.5 Å². The molecule has 0 heterocycles. The van der Waals surface area contributed by atoms with Gasteiger partial charge in [-0.2, -0.15) is 0 Å². The van der Waals surface area contributed by atoms with Gasteiger partial charge in [0.25, 0.3) is 0 Å². The third-order valence-electron chi connectivity index (χ3n) is 3.90. The van der Waals surface area contributed by atoms with E-state index < -0.39 is 10.0 Å². The molecule has 0 saturated carbocycles. The predicted octanol–water partition coefficient (Wildman–Crippen LogP) is 2.67. The lowest BCUT2D eigenvalue weighted by atomic mass is 9.82. The highest BCUT2D eigenvalue weighted by Crippen LogP contribution is 2.25. The van der Waals surface area contributed by atoms with Gasteiger partial charge in [0.05, 0.1) is 4.90 Å². The van der Waals surface area contributed by atoms with Gasteiger partial charge >= 0.3 is 0 Å². The maximum atomic E-state index is 11.4. The summed E-state index contributed by atoms with van der Waals surface area (Å²) in [5.74, 6) is 0.520. The van der Waals surface area contributed by atoms with Crippen molar-refractivity contribution in [3.05, 3.63) is 29.8 Å². The molecule has 3 N–H and O–H groups in total. The molecular weight excluding hydrogens is 272 g/mol. The molecule has 0 aliphatic heterocycles. The average molecular weight is 298 g/mol. The van der Waals surface area contributed by atoms with Gasteiger partial charge in [-0.15, -0.1) is 0 Å². The number of hydrogen-bond acceptors (Lipinski definition) is 3. The standard InChI is InChI=1S/C15H26N2O2S/c1-11(15(3,4)5)10-17-12(2)13-7-6-8-14(9-13)20(16,18)19/h6-9,11-12,17H,10H2,1-5H3,(H2,16,18,19). The second-order valence-electron chi connectivity index (χ2n) is 6.51. The van der Waals surface area contributed by atoms with Gasteiger partial charge in [-0.1, -0.05) is 39.8 Å². The van der Waals surface area contributed by atoms with E-state index in [1.807, 2.05) is 13.0 Å². The number of hydrogen-bond donors (Lipinski definition) is 2. The summed E-state index contributed by atoms with van der Waals surface area (Å²) >= 11 is 0. The summed E-state index contributed by atoms with van der Waals surface area (Å²) in [6.45, 7) is 11.8. The zero-order chi connectivity index (χ0) is 15.6. The van der Waals surface area contributed by atoms with Crippen LogP contribution in [0.3, 0.4) is 0 Å². The molecule has 0 fully saturated rings. The van der Waals surface area contributed by atoms with Gasteiger partial charge in [0.15, 0.2) is 0 Å². The lowest BCUT2D eigenvalue weighted by Crippen LogP contribution is -2.31. The van der Waals surface area contributed by atoms with E-state index in [0.717, 1.165) is 12.1 Å². The highest BCUT2D eigenvalue weighted by Gasteiger charge is 2.20. The smallest absolute Gasteiger partial charge is 0.238 e. The van der Waals surface area contributed by atoms with Crippen LogP contribution >= 0.6 is 0 Å². The third-order valence-corrected chi connectivity index (χ3v) is 4.81. The first-order valence-corrected chi connectivity index (χ1v) is 8.42. The number of nitrogens with two attached hydrogens (primary N) is 1. The fourth-order valence-corrected chi connectivity index (χ4v) is 2.31. The molecule has 1 rings (SSSR count). The molecule has 2 atom stereocenters. The topological polar surface area (TPSA) is 72.2 Å². The van der Waals surface area contributed by atoms with Crippen molar-refractivity contribution in [1.82, 2.24) is 5.32 Å². The van der Waals surface area contributed by atoms with Gasteiger partial charge in [-0.3, -0.25) is 0 Å². The highest BCUT2D eigenvalue weighted by molar-refractivity contribution is 7.89. The fraction of sp³-hybridized carbons (Fsp3) is 0.600. The largest absolute Gasteiger partial charge is 0.310 e. The molecule has 0 amide bonds. The number of benzene rings is 1. The monoisotopic (exact) mass is 298 g/mol. The Morgan fingerprint density at radius 1 is 1.25 bits per heavy atom. The minimum Gasteiger partial charge on any atom is -0.310 e. The van der Waals surface area contributed by atoms with E-state index in [9.17, 15) is 8.42 Å². The Morgan fingerprint density at radius 3 is 2.35 bits per heavy atom. The molecule has 0 saturated heterocycles. The van der Waals surface area contributed by atoms with Crippen molar-refractivity contribution in [3.63, 3.8) is 0 Å². The van der Waals surface area contributed by atoms with Gasteiger partial charge < -0.3 is 5.32 Å². The molecule has 0 aliphatic carbocycles. The van der Waals surface area contributed by atoms with Gasteiger partial charge in [0, 0.05) is 6.04 Å². The summed E-state index contributed by atoms with van der Waals surface area (Å²) in [6, 6.07) is 6.87. The van der Waals surface area contributed by atoms with Crippen LogP contribution in [0.1, 0.15) is 46.2 Å². The second-order valence-corrected chi connectivity index (χ2v) is 8.08. The Labute approximate surface area is 122 Å². The van der Waals surface area contributed by atoms with Crippen molar-refractivity contribution >= 4 is 10.0 Å². The zero-order valence-electron chi connectivity index (χ0n) is 13.0. The van der Waals surface area contributed by atoms with Crippen LogP contribution in [0.4, 0.5) is 0 Å². The first-order chi connectivity index (χ1) is 9.01. The molecule has 114 valence electrons. The normalized spacial score (nSPS) is 15.9. The maximum Gasteiger partial charge on any atom is 0.238 e. The summed E-state index contributed by atoms with van der Waals surface area (Å²) in [5.41, 5.74) is 1.17. The lowest BCUT2D eigenvalue weighted by Gasteiger charge is -2.29. The van der Waals surface area contributed by atoms with E-state index in [1.54, 1.807) is 12.1 Å². The average Bonchev–Trinajstić information content (AvgIpc) is 2.33. The van der Waals surface area contributed by atoms with Crippen LogP contribution in [-0.2, 0) is 10.0 Å². The first kappa shape index (κ1) is 17.1. The van der Waals surface area contributed by atoms with Gasteiger partial charge in [-0.25, -0.2) is 13.6 Å². The van der Waals surface area contributed by atoms with Crippen LogP contribution in [0.2, 0.25) is 0 Å². The van der Waals surface area contributed by atoms with Crippen LogP contribution in [0.25, 0.3) is 0 Å². The predicted molar refractivity (Wildman–Crippen MR) is 82.9 cm³/mol. The number of nitrogens with one attached hydrogen (secondary N) is 1. The highest BCUT2D eigenvalue weighted by atomic mass is 32.2. The Kier molecular flexibility index (Phi) is 5.35. The molecule has 4 nitrogen and oxygen atoms in total. The minimum atomic E-state index is -3.64. The second kappa shape index (κ2) is 6.24. The summed E-state index contributed by atoms with van der Waals surface area (Å²) in [6.07, 6.45) is 0. The van der Waals surface area contributed by atoms with Crippen molar-refractivity contribution in [3.8, 4) is 0 Å². The molecule has 1 aromatic rings. The van der Waals surface area contributed by atoms with Crippen molar-refractivity contribution in [1.29, 1.82) is 0 Å². The van der Waals surface area contributed by atoms with Crippen molar-refractivity contribution in [2.45, 2.75) is 45.6 Å². The van der Waals surface area contributed by atoms with Crippen molar-refractivity contribution < 1.29 is 8.42 Å². The number of rotatable bonds is 5. The van der Waals surface area contributed by atoms with Gasteiger partial charge in [0.1, 0.15) is 0 Å². The zero-order valence-corrected chi connectivity index (χ0v) is 13.8. The van der Waals surface area contributed by atoms with Gasteiger partial charge in [-0.05, 0) is 42.5 Å². The summed E-state index contributed by atoms with van der Waals surface area (Å²) < 4.78 is 22.7. The molecule has 0 radical (unpaired) electrons. The van der Waals surface area contributed by atoms with E-state index in [2.05, 4.69) is 33.0 Å². The maximum absolute atomic E-state index is 11.4. The molecule has 0 bridgehead atoms. The quantitative estimate of drug-likeness (QED) is 0.878. The molecule has 2 unspecified atom stereocenters. The van der Waals surface area contributed by atoms with Crippen LogP contribution in [0.5, 0.6) is 0 Å². The summed E-state index contributed by atoms with van der Waals surface area (Å²) in [4.78, 5) is 0.160. The Bertz CT molecular complexity index is 547. The van der Waals surface area contributed by atoms with Crippen LogP contribution in [0.15, 0.2) is 29.2 Å². The van der Waals surface area contributed by atoms with Crippen LogP contribution in [-0.4, -0.2) is 15.0 Å². The molecule has 0 aliphatic rings. The van der Waals surface area contributed by atoms with Crippen molar-refractivity contribution in [2.75, 3.05) is 6.54 Å². The Hall–Kier alpha value is -0.910. The summed E-state index contributed by atoms with van der Waals surface area (Å²) in [5, 5.41) is 8.61. The molecule has 0 spiro atoms. The fourth-order valence-electron chi connectivity index (χ4n) is 1.74. The first-order valence-electron chi connectivity index (χ1n) is 6.88. The molecule has 5 heteroatoms. The molecule has 1 aromatic carbocycles. The Balaban J connectivity index is 2.76. The molecule has 20 heavy (non-hydrogen) atoms. The van der Waals surface area contributed by atoms with Crippen LogP contribution in [0, 0.1) is 11.3 Å². The minimum absolute atomic E-state index is 0.0847. The SMILES string of the molecule is CC(NCC(C)C(C)(C)C)c1cccc(S(N)(=O)=O)c1. The molecular formula is C15H26N2O2S. The third kappa shape index (κ3) is 4.89. The van der Waals surface area contributed by atoms with E-state index in [1.165, 1.54) is 6.07 Å². The van der Waals surface area contributed by atoms with E-state index >= 15 is 0 Å². The van der Waals surface area contributed by atoms with E-state index in [4.69, 9.17) is 5.14 Å². The van der Waals surface area contributed by atoms with E-state index in [0.29, 0.717) is 5.92 Å². The lowest BCUT2D eigenvalue weighted by molar-refractivity contribution is 0.247. The van der Waals surface area contributed by atoms with Crippen LogP contribution < -0.4 is 10.5 Å². The molecule has 0 aromatic heterocycles. The number of primary sulfonamides is 1. The number of sulfonamides is 1. The van der Waals surface area contributed by atoms with Gasteiger partial charge in [0.2, 0.25) is 10.0 Å². The summed E-state index contributed by atoms with van der Waals surface area (Å²) in [7, 11) is -3.64.